The van der Waals surface area contributed by atoms with Crippen LogP contribution in [0.3, 0.4) is 0 Å². The molecule has 100 valence electrons. The summed E-state index contributed by atoms with van der Waals surface area (Å²) < 4.78 is 34.0. The molecule has 1 N–H and O–H groups in total. The maximum Gasteiger partial charge on any atom is 0.387 e. The number of nitrogens with one attached hydrogen (secondary N) is 1. The number of hydrogen-bond donors (Lipinski definition) is 1. The minimum atomic E-state index is -2.85. The molecule has 0 saturated heterocycles. The quantitative estimate of drug-likeness (QED) is 0.873. The summed E-state index contributed by atoms with van der Waals surface area (Å²) in [6.07, 6.45) is 4.68. The van der Waals surface area contributed by atoms with Crippen LogP contribution in [0.25, 0.3) is 0 Å². The smallest absolute Gasteiger partial charge is 0.387 e. The van der Waals surface area contributed by atoms with E-state index < -0.39 is 6.61 Å². The van der Waals surface area contributed by atoms with Gasteiger partial charge in [-0.3, -0.25) is 0 Å². The highest BCUT2D eigenvalue weighted by atomic mass is 19.3. The van der Waals surface area contributed by atoms with Crippen LogP contribution in [-0.2, 0) is 0 Å². The Balaban J connectivity index is 2.10. The minimum Gasteiger partial charge on any atom is -0.493 e. The largest absolute Gasteiger partial charge is 0.493 e. The second-order valence-electron chi connectivity index (χ2n) is 4.37. The molecule has 0 bridgehead atoms. The standard InChI is InChI=1S/C13H17F2NO2/c1-17-11-7-6-10(8-12(11)18-13(14)15)16-9-4-2-3-5-9/h6-9,13,16H,2-5H2,1H3. The minimum absolute atomic E-state index is 0.0653. The second kappa shape index (κ2) is 5.89. The average molecular weight is 257 g/mol. The van der Waals surface area contributed by atoms with Crippen molar-refractivity contribution in [3.8, 4) is 11.5 Å². The molecule has 0 radical (unpaired) electrons. The lowest BCUT2D eigenvalue weighted by atomic mass is 10.2. The molecule has 0 atom stereocenters. The van der Waals surface area contributed by atoms with E-state index in [1.54, 1.807) is 12.1 Å². The molecule has 0 aliphatic heterocycles. The van der Waals surface area contributed by atoms with Crippen LogP contribution in [0, 0.1) is 0 Å². The van der Waals surface area contributed by atoms with Gasteiger partial charge in [0.05, 0.1) is 7.11 Å². The number of hydrogen-bond acceptors (Lipinski definition) is 3. The fourth-order valence-corrected chi connectivity index (χ4v) is 2.26. The Hall–Kier alpha value is -1.52. The first-order valence-corrected chi connectivity index (χ1v) is 6.08. The Labute approximate surface area is 105 Å². The molecule has 2 rings (SSSR count). The highest BCUT2D eigenvalue weighted by molar-refractivity contribution is 5.55. The van der Waals surface area contributed by atoms with Gasteiger partial charge in [-0.05, 0) is 25.0 Å². The van der Waals surface area contributed by atoms with E-state index in [4.69, 9.17) is 4.74 Å². The summed E-state index contributed by atoms with van der Waals surface area (Å²) in [4.78, 5) is 0. The number of benzene rings is 1. The van der Waals surface area contributed by atoms with Crippen LogP contribution in [0.1, 0.15) is 25.7 Å². The maximum atomic E-state index is 12.3. The van der Waals surface area contributed by atoms with Gasteiger partial charge >= 0.3 is 6.61 Å². The summed E-state index contributed by atoms with van der Waals surface area (Å²) in [5, 5.41) is 3.33. The van der Waals surface area contributed by atoms with Gasteiger partial charge < -0.3 is 14.8 Å². The van der Waals surface area contributed by atoms with Crippen LogP contribution < -0.4 is 14.8 Å². The topological polar surface area (TPSA) is 30.5 Å². The van der Waals surface area contributed by atoms with Gasteiger partial charge in [0.1, 0.15) is 0 Å². The lowest BCUT2D eigenvalue weighted by Crippen LogP contribution is -2.14. The van der Waals surface area contributed by atoms with Crippen molar-refractivity contribution in [3.63, 3.8) is 0 Å². The summed E-state index contributed by atoms with van der Waals surface area (Å²) in [5.41, 5.74) is 0.790. The van der Waals surface area contributed by atoms with E-state index in [-0.39, 0.29) is 5.75 Å². The van der Waals surface area contributed by atoms with E-state index in [0.29, 0.717) is 11.8 Å². The van der Waals surface area contributed by atoms with E-state index in [0.717, 1.165) is 18.5 Å². The molecule has 0 aromatic heterocycles. The molecule has 3 nitrogen and oxygen atoms in total. The highest BCUT2D eigenvalue weighted by Crippen LogP contribution is 2.32. The van der Waals surface area contributed by atoms with Gasteiger partial charge in [-0.15, -0.1) is 0 Å². The van der Waals surface area contributed by atoms with Gasteiger partial charge in [-0.1, -0.05) is 12.8 Å². The van der Waals surface area contributed by atoms with Crippen molar-refractivity contribution < 1.29 is 18.3 Å². The summed E-state index contributed by atoms with van der Waals surface area (Å²) in [7, 11) is 1.43. The fraction of sp³-hybridized carbons (Fsp3) is 0.538. The Morgan fingerprint density at radius 2 is 1.94 bits per heavy atom. The number of ether oxygens (including phenoxy) is 2. The van der Waals surface area contributed by atoms with E-state index >= 15 is 0 Å². The molecule has 18 heavy (non-hydrogen) atoms. The van der Waals surface area contributed by atoms with Gasteiger partial charge in [0.15, 0.2) is 11.5 Å². The zero-order chi connectivity index (χ0) is 13.0. The van der Waals surface area contributed by atoms with Crippen LogP contribution in [0.5, 0.6) is 11.5 Å². The maximum absolute atomic E-state index is 12.3. The van der Waals surface area contributed by atoms with Gasteiger partial charge in [0.25, 0.3) is 0 Å². The molecule has 1 saturated carbocycles. The predicted molar refractivity (Wildman–Crippen MR) is 65.5 cm³/mol. The molecule has 0 heterocycles. The van der Waals surface area contributed by atoms with Gasteiger partial charge in [0.2, 0.25) is 0 Å². The molecule has 0 unspecified atom stereocenters. The third-order valence-electron chi connectivity index (χ3n) is 3.11. The van der Waals surface area contributed by atoms with Crippen molar-refractivity contribution in [1.82, 2.24) is 0 Å². The number of methoxy groups -OCH3 is 1. The molecule has 0 amide bonds. The van der Waals surface area contributed by atoms with Crippen molar-refractivity contribution in [2.45, 2.75) is 38.3 Å². The molecule has 1 aliphatic rings. The van der Waals surface area contributed by atoms with Gasteiger partial charge in [-0.2, -0.15) is 8.78 Å². The van der Waals surface area contributed by atoms with Crippen LogP contribution in [0.2, 0.25) is 0 Å². The average Bonchev–Trinajstić information content (AvgIpc) is 2.81. The Morgan fingerprint density at radius 1 is 1.22 bits per heavy atom. The van der Waals surface area contributed by atoms with Crippen LogP contribution in [-0.4, -0.2) is 19.8 Å². The zero-order valence-electron chi connectivity index (χ0n) is 10.3. The number of alkyl halides is 2. The predicted octanol–water partition coefficient (Wildman–Crippen LogP) is 3.65. The molecule has 1 fully saturated rings. The summed E-state index contributed by atoms with van der Waals surface area (Å²) >= 11 is 0. The Bertz CT molecular complexity index is 393. The molecule has 1 aromatic carbocycles. The number of rotatable bonds is 5. The molecular formula is C13H17F2NO2. The highest BCUT2D eigenvalue weighted by Gasteiger charge is 2.16. The first kappa shape index (κ1) is 12.9. The summed E-state index contributed by atoms with van der Waals surface area (Å²) in [5.74, 6) is 0.378. The van der Waals surface area contributed by atoms with Crippen molar-refractivity contribution in [3.05, 3.63) is 18.2 Å². The first-order valence-electron chi connectivity index (χ1n) is 6.08. The third kappa shape index (κ3) is 3.24. The van der Waals surface area contributed by atoms with E-state index in [1.165, 1.54) is 20.0 Å². The monoisotopic (exact) mass is 257 g/mol. The van der Waals surface area contributed by atoms with Gasteiger partial charge in [0, 0.05) is 17.8 Å². The van der Waals surface area contributed by atoms with Crippen molar-refractivity contribution >= 4 is 5.69 Å². The fourth-order valence-electron chi connectivity index (χ4n) is 2.26. The zero-order valence-corrected chi connectivity index (χ0v) is 10.3. The van der Waals surface area contributed by atoms with Crippen LogP contribution in [0.4, 0.5) is 14.5 Å². The molecule has 1 aliphatic carbocycles. The van der Waals surface area contributed by atoms with Crippen LogP contribution >= 0.6 is 0 Å². The lowest BCUT2D eigenvalue weighted by Gasteiger charge is -2.16. The van der Waals surface area contributed by atoms with Crippen LogP contribution in [0.15, 0.2) is 18.2 Å². The lowest BCUT2D eigenvalue weighted by molar-refractivity contribution is -0.0511. The molecule has 5 heteroatoms. The van der Waals surface area contributed by atoms with E-state index in [9.17, 15) is 8.78 Å². The number of halogens is 2. The Morgan fingerprint density at radius 3 is 2.56 bits per heavy atom. The SMILES string of the molecule is COc1ccc(NC2CCCC2)cc1OC(F)F. The third-order valence-corrected chi connectivity index (χ3v) is 3.11. The molecule has 1 aromatic rings. The van der Waals surface area contributed by atoms with Crippen molar-refractivity contribution in [2.75, 3.05) is 12.4 Å². The number of anilines is 1. The molecular weight excluding hydrogens is 240 g/mol. The normalized spacial score (nSPS) is 16.0. The second-order valence-corrected chi connectivity index (χ2v) is 4.37. The molecule has 0 spiro atoms. The summed E-state index contributed by atoms with van der Waals surface area (Å²) in [6, 6.07) is 5.44. The van der Waals surface area contributed by atoms with Crippen molar-refractivity contribution in [2.24, 2.45) is 0 Å². The Kier molecular flexibility index (Phi) is 4.23. The summed E-state index contributed by atoms with van der Waals surface area (Å²) in [6.45, 7) is -2.85. The first-order chi connectivity index (χ1) is 8.69. The van der Waals surface area contributed by atoms with Crippen molar-refractivity contribution in [1.29, 1.82) is 0 Å². The van der Waals surface area contributed by atoms with E-state index in [2.05, 4.69) is 10.1 Å². The van der Waals surface area contributed by atoms with Gasteiger partial charge in [-0.25, -0.2) is 0 Å². The van der Waals surface area contributed by atoms with E-state index in [1.807, 2.05) is 6.07 Å².